The second-order valence-electron chi connectivity index (χ2n) is 6.60. The molecule has 0 unspecified atom stereocenters. The molecule has 3 aromatic rings. The molecule has 0 aliphatic carbocycles. The lowest BCUT2D eigenvalue weighted by atomic mass is 10.0. The van der Waals surface area contributed by atoms with Gasteiger partial charge in [-0.25, -0.2) is 0 Å². The fourth-order valence-corrected chi connectivity index (χ4v) is 3.07. The summed E-state index contributed by atoms with van der Waals surface area (Å²) in [5.74, 6) is 0.450. The van der Waals surface area contributed by atoms with Gasteiger partial charge in [-0.05, 0) is 41.3 Å². The number of amides is 1. The van der Waals surface area contributed by atoms with E-state index in [-0.39, 0.29) is 5.91 Å². The zero-order valence-corrected chi connectivity index (χ0v) is 14.7. The fraction of sp³-hybridized carbons (Fsp3) is 0.300. The van der Waals surface area contributed by atoms with Gasteiger partial charge >= 0.3 is 0 Å². The lowest BCUT2D eigenvalue weighted by Gasteiger charge is -2.17. The molecular weight excluding hydrogens is 298 g/mol. The van der Waals surface area contributed by atoms with E-state index in [0.29, 0.717) is 12.5 Å². The number of carbonyl (C=O) groups excluding carboxylic acids is 1. The van der Waals surface area contributed by atoms with E-state index in [4.69, 9.17) is 0 Å². The molecule has 2 heterocycles. The van der Waals surface area contributed by atoms with Crippen LogP contribution in [0.3, 0.4) is 0 Å². The Morgan fingerprint density at radius 2 is 2.08 bits per heavy atom. The molecule has 0 aliphatic rings. The SMILES string of the molecule is CC(C)c1cn(C)c2ccc(C(=O)N(C)Cc3cccnc3)cc12. The lowest BCUT2D eigenvalue weighted by Crippen LogP contribution is -2.26. The highest BCUT2D eigenvalue weighted by molar-refractivity contribution is 5.99. The average Bonchev–Trinajstić information content (AvgIpc) is 2.91. The van der Waals surface area contributed by atoms with Gasteiger partial charge in [0, 0.05) is 55.7 Å². The van der Waals surface area contributed by atoms with E-state index in [1.165, 1.54) is 5.56 Å². The summed E-state index contributed by atoms with van der Waals surface area (Å²) in [6.45, 7) is 4.91. The summed E-state index contributed by atoms with van der Waals surface area (Å²) >= 11 is 0. The molecule has 2 aromatic heterocycles. The standard InChI is InChI=1S/C20H23N3O/c1-14(2)18-13-22(3)19-8-7-16(10-17(18)19)20(24)23(4)12-15-6-5-9-21-11-15/h5-11,13-14H,12H2,1-4H3. The van der Waals surface area contributed by atoms with Gasteiger partial charge in [0.2, 0.25) is 0 Å². The second-order valence-corrected chi connectivity index (χ2v) is 6.60. The number of nitrogens with zero attached hydrogens (tertiary/aromatic N) is 3. The van der Waals surface area contributed by atoms with Gasteiger partial charge in [0.05, 0.1) is 0 Å². The van der Waals surface area contributed by atoms with Crippen LogP contribution in [0.15, 0.2) is 48.9 Å². The molecule has 24 heavy (non-hydrogen) atoms. The molecule has 1 amide bonds. The first-order valence-corrected chi connectivity index (χ1v) is 8.20. The minimum atomic E-state index is 0.0271. The first-order chi connectivity index (χ1) is 11.5. The number of pyridine rings is 1. The van der Waals surface area contributed by atoms with Crippen molar-refractivity contribution < 1.29 is 4.79 Å². The van der Waals surface area contributed by atoms with Gasteiger partial charge in [0.1, 0.15) is 0 Å². The van der Waals surface area contributed by atoms with Crippen LogP contribution in [0.4, 0.5) is 0 Å². The quantitative estimate of drug-likeness (QED) is 0.729. The molecule has 0 fully saturated rings. The van der Waals surface area contributed by atoms with Gasteiger partial charge < -0.3 is 9.47 Å². The monoisotopic (exact) mass is 321 g/mol. The lowest BCUT2D eigenvalue weighted by molar-refractivity contribution is 0.0785. The number of aryl methyl sites for hydroxylation is 1. The number of hydrogen-bond acceptors (Lipinski definition) is 2. The smallest absolute Gasteiger partial charge is 0.253 e. The number of benzene rings is 1. The van der Waals surface area contributed by atoms with Crippen LogP contribution < -0.4 is 0 Å². The molecule has 4 heteroatoms. The van der Waals surface area contributed by atoms with E-state index in [1.807, 2.05) is 44.4 Å². The average molecular weight is 321 g/mol. The van der Waals surface area contributed by atoms with Crippen molar-refractivity contribution in [3.63, 3.8) is 0 Å². The first-order valence-electron chi connectivity index (χ1n) is 8.20. The van der Waals surface area contributed by atoms with Crippen molar-refractivity contribution in [1.82, 2.24) is 14.5 Å². The fourth-order valence-electron chi connectivity index (χ4n) is 3.07. The van der Waals surface area contributed by atoms with E-state index in [9.17, 15) is 4.79 Å². The van der Waals surface area contributed by atoms with E-state index in [0.717, 1.165) is 22.0 Å². The summed E-state index contributed by atoms with van der Waals surface area (Å²) in [5.41, 5.74) is 4.18. The Hall–Kier alpha value is -2.62. The molecule has 0 N–H and O–H groups in total. The Kier molecular flexibility index (Phi) is 4.38. The van der Waals surface area contributed by atoms with Gasteiger partial charge in [0.15, 0.2) is 0 Å². The molecule has 0 saturated carbocycles. The van der Waals surface area contributed by atoms with Crippen molar-refractivity contribution in [3.05, 3.63) is 65.6 Å². The van der Waals surface area contributed by atoms with Gasteiger partial charge in [-0.15, -0.1) is 0 Å². The number of fused-ring (bicyclic) bond motifs is 1. The van der Waals surface area contributed by atoms with Crippen LogP contribution in [-0.2, 0) is 13.6 Å². The van der Waals surface area contributed by atoms with Crippen LogP contribution in [0, 0.1) is 0 Å². The van der Waals surface area contributed by atoms with Crippen LogP contribution in [0.25, 0.3) is 10.9 Å². The van der Waals surface area contributed by atoms with Crippen molar-refractivity contribution in [3.8, 4) is 0 Å². The molecule has 4 nitrogen and oxygen atoms in total. The Morgan fingerprint density at radius 3 is 2.75 bits per heavy atom. The summed E-state index contributed by atoms with van der Waals surface area (Å²) in [6, 6.07) is 9.83. The van der Waals surface area contributed by atoms with Crippen LogP contribution in [-0.4, -0.2) is 27.4 Å². The third kappa shape index (κ3) is 3.04. The van der Waals surface area contributed by atoms with E-state index in [2.05, 4.69) is 29.6 Å². The maximum atomic E-state index is 12.8. The molecule has 3 rings (SSSR count). The summed E-state index contributed by atoms with van der Waals surface area (Å²) in [6.07, 6.45) is 5.69. The van der Waals surface area contributed by atoms with Gasteiger partial charge in [-0.3, -0.25) is 9.78 Å². The largest absolute Gasteiger partial charge is 0.350 e. The summed E-state index contributed by atoms with van der Waals surface area (Å²) in [4.78, 5) is 18.6. The van der Waals surface area contributed by atoms with E-state index < -0.39 is 0 Å². The first kappa shape index (κ1) is 16.2. The Labute approximate surface area is 142 Å². The molecule has 124 valence electrons. The van der Waals surface area contributed by atoms with Gasteiger partial charge in [-0.1, -0.05) is 19.9 Å². The van der Waals surface area contributed by atoms with Crippen molar-refractivity contribution in [2.45, 2.75) is 26.3 Å². The predicted molar refractivity (Wildman–Crippen MR) is 97.0 cm³/mol. The number of rotatable bonds is 4. The topological polar surface area (TPSA) is 38.1 Å². The van der Waals surface area contributed by atoms with Crippen LogP contribution in [0.2, 0.25) is 0 Å². The number of hydrogen-bond donors (Lipinski definition) is 0. The minimum absolute atomic E-state index is 0.0271. The third-order valence-corrected chi connectivity index (χ3v) is 4.38. The highest BCUT2D eigenvalue weighted by Gasteiger charge is 2.16. The van der Waals surface area contributed by atoms with E-state index >= 15 is 0 Å². The van der Waals surface area contributed by atoms with E-state index in [1.54, 1.807) is 17.3 Å². The summed E-state index contributed by atoms with van der Waals surface area (Å²) in [7, 11) is 3.87. The van der Waals surface area contributed by atoms with Crippen molar-refractivity contribution >= 4 is 16.8 Å². The minimum Gasteiger partial charge on any atom is -0.350 e. The van der Waals surface area contributed by atoms with Gasteiger partial charge in [-0.2, -0.15) is 0 Å². The number of carbonyl (C=O) groups is 1. The number of aromatic nitrogens is 2. The molecule has 0 bridgehead atoms. The normalized spacial score (nSPS) is 11.2. The molecule has 0 aliphatic heterocycles. The second kappa shape index (κ2) is 6.48. The third-order valence-electron chi connectivity index (χ3n) is 4.38. The zero-order valence-electron chi connectivity index (χ0n) is 14.7. The van der Waals surface area contributed by atoms with Crippen LogP contribution in [0.5, 0.6) is 0 Å². The van der Waals surface area contributed by atoms with Crippen LogP contribution >= 0.6 is 0 Å². The maximum Gasteiger partial charge on any atom is 0.253 e. The molecule has 1 aromatic carbocycles. The molecule has 0 saturated heterocycles. The van der Waals surface area contributed by atoms with Crippen molar-refractivity contribution in [2.24, 2.45) is 7.05 Å². The summed E-state index contributed by atoms with van der Waals surface area (Å²) in [5, 5.41) is 1.16. The Bertz CT molecular complexity index is 865. The highest BCUT2D eigenvalue weighted by atomic mass is 16.2. The molecule has 0 radical (unpaired) electrons. The molecular formula is C20H23N3O. The Balaban J connectivity index is 1.91. The Morgan fingerprint density at radius 1 is 1.29 bits per heavy atom. The van der Waals surface area contributed by atoms with Gasteiger partial charge in [0.25, 0.3) is 5.91 Å². The van der Waals surface area contributed by atoms with Crippen molar-refractivity contribution in [1.29, 1.82) is 0 Å². The predicted octanol–water partition coefficient (Wildman–Crippen LogP) is 3.97. The summed E-state index contributed by atoms with van der Waals surface area (Å²) < 4.78 is 2.12. The zero-order chi connectivity index (χ0) is 17.3. The van der Waals surface area contributed by atoms with Crippen LogP contribution in [0.1, 0.15) is 41.3 Å². The maximum absolute atomic E-state index is 12.8. The highest BCUT2D eigenvalue weighted by Crippen LogP contribution is 2.28. The molecule has 0 spiro atoms. The molecule has 0 atom stereocenters. The van der Waals surface area contributed by atoms with Crippen molar-refractivity contribution in [2.75, 3.05) is 7.05 Å².